The molecule has 22 heavy (non-hydrogen) atoms. The van der Waals surface area contributed by atoms with Crippen molar-refractivity contribution in [1.29, 1.82) is 0 Å². The molecule has 0 radical (unpaired) electrons. The molecular weight excluding hydrogens is 377 g/mol. The number of thioether (sulfide) groups is 1. The van der Waals surface area contributed by atoms with Crippen molar-refractivity contribution in [3.63, 3.8) is 0 Å². The number of para-hydroxylation sites is 2. The Balaban J connectivity index is 0.00000141. The predicted octanol–water partition coefficient (Wildman–Crippen LogP) is 4.48. The van der Waals surface area contributed by atoms with Crippen LogP contribution in [-0.4, -0.2) is 21.8 Å². The zero-order valence-corrected chi connectivity index (χ0v) is 15.5. The maximum absolute atomic E-state index is 10.2. The Morgan fingerprint density at radius 2 is 1.82 bits per heavy atom. The number of nitrogens with zero attached hydrogens (tertiary/aromatic N) is 1. The van der Waals surface area contributed by atoms with Crippen LogP contribution in [0.1, 0.15) is 11.1 Å². The number of hydrogen-bond donors (Lipinski definition) is 1. The molecule has 0 fully saturated rings. The Labute approximate surface area is 154 Å². The summed E-state index contributed by atoms with van der Waals surface area (Å²) in [6, 6.07) is 15.1. The molecule has 3 nitrogen and oxygen atoms in total. The second-order valence-corrected chi connectivity index (χ2v) is 5.31. The van der Waals surface area contributed by atoms with Crippen LogP contribution in [0.3, 0.4) is 0 Å². The van der Waals surface area contributed by atoms with Crippen LogP contribution in [0.4, 0.5) is 5.69 Å². The molecule has 0 saturated heterocycles. The molecule has 0 spiro atoms. The standard InChI is InChI=1S/C15H13NOS2.ClH.O.V/c1-19-15(18)13-9-5-6-11(14(13)17)10-16-12-7-3-2-4-8-12;;;/h2-10,17H,1H3;1H;;. The van der Waals surface area contributed by atoms with Crippen molar-refractivity contribution < 1.29 is 26.1 Å². The number of aliphatic imine (C=N–C) groups is 1. The summed E-state index contributed by atoms with van der Waals surface area (Å²) in [5.74, 6) is 0.182. The summed E-state index contributed by atoms with van der Waals surface area (Å²) in [4.78, 5) is 4.33. The number of phenolic OH excluding ortho intramolecular Hbond substituents is 1. The number of benzene rings is 2. The van der Waals surface area contributed by atoms with Gasteiger partial charge in [0.05, 0.1) is 9.88 Å². The summed E-state index contributed by atoms with van der Waals surface area (Å²) in [6.45, 7) is 0. The molecule has 0 saturated carbocycles. The Hall–Kier alpha value is -0.976. The minimum atomic E-state index is 0. The summed E-state index contributed by atoms with van der Waals surface area (Å²) in [6.07, 6.45) is 3.55. The molecule has 0 aliphatic carbocycles. The average Bonchev–Trinajstić information content (AvgIpc) is 2.56. The number of halogens is 1. The van der Waals surface area contributed by atoms with Gasteiger partial charge in [0.25, 0.3) is 0 Å². The number of phenols is 1. The molecule has 1 N–H and O–H groups in total. The minimum absolute atomic E-state index is 0. The third kappa shape index (κ3) is 6.03. The van der Waals surface area contributed by atoms with Gasteiger partial charge in [-0.25, -0.2) is 0 Å². The number of thiocarbonyl (C=S) groups is 1. The van der Waals surface area contributed by atoms with Gasteiger partial charge in [0.15, 0.2) is 0 Å². The van der Waals surface area contributed by atoms with Crippen LogP contribution in [0, 0.1) is 0 Å². The zero-order chi connectivity index (χ0) is 15.7. The maximum atomic E-state index is 10.2. The molecule has 2 aromatic rings. The van der Waals surface area contributed by atoms with Gasteiger partial charge in [-0.1, -0.05) is 36.5 Å². The average molecular weight is 391 g/mol. The number of hydrogen-bond acceptors (Lipinski definition) is 5. The van der Waals surface area contributed by atoms with E-state index in [0.29, 0.717) is 15.3 Å². The molecular formula is C15H14ClNO2S2V. The SMILES string of the molecule is CSC(=S)c1cccc(C=Nc2ccccc2)c1O.Cl.[O]=[V]. The fraction of sp³-hybridized carbons (Fsp3) is 0.0667. The second-order valence-electron chi connectivity index (χ2n) is 3.83. The molecule has 0 unspecified atom stereocenters. The Morgan fingerprint density at radius 1 is 1.18 bits per heavy atom. The van der Waals surface area contributed by atoms with E-state index in [1.54, 1.807) is 6.21 Å². The van der Waals surface area contributed by atoms with Gasteiger partial charge < -0.3 is 5.11 Å². The molecule has 0 atom stereocenters. The summed E-state index contributed by atoms with van der Waals surface area (Å²) >= 11 is 7.71. The number of aromatic hydroxyl groups is 1. The quantitative estimate of drug-likeness (QED) is 0.620. The summed E-state index contributed by atoms with van der Waals surface area (Å²) < 4.78 is 8.86. The second kappa shape index (κ2) is 11.6. The van der Waals surface area contributed by atoms with Gasteiger partial charge in [-0.2, -0.15) is 0 Å². The Bertz CT molecular complexity index is 639. The fourth-order valence-electron chi connectivity index (χ4n) is 1.60. The van der Waals surface area contributed by atoms with Gasteiger partial charge in [-0.3, -0.25) is 4.99 Å². The number of rotatable bonds is 3. The normalized spacial score (nSPS) is 9.45. The Morgan fingerprint density at radius 3 is 2.41 bits per heavy atom. The first-order valence-corrected chi connectivity index (χ1v) is 8.10. The van der Waals surface area contributed by atoms with Crippen molar-refractivity contribution in [1.82, 2.24) is 0 Å². The van der Waals surface area contributed by atoms with Crippen molar-refractivity contribution in [2.75, 3.05) is 6.26 Å². The predicted molar refractivity (Wildman–Crippen MR) is 95.0 cm³/mol. The van der Waals surface area contributed by atoms with E-state index in [1.165, 1.54) is 11.8 Å². The first kappa shape index (κ1) is 21.0. The van der Waals surface area contributed by atoms with Crippen molar-refractivity contribution >= 4 is 52.5 Å². The van der Waals surface area contributed by atoms with Crippen LogP contribution < -0.4 is 0 Å². The molecule has 0 aliphatic heterocycles. The zero-order valence-electron chi connectivity index (χ0n) is 11.7. The van der Waals surface area contributed by atoms with Gasteiger partial charge >= 0.3 is 21.0 Å². The molecule has 0 aromatic heterocycles. The van der Waals surface area contributed by atoms with E-state index in [4.69, 9.17) is 15.9 Å². The van der Waals surface area contributed by atoms with Gasteiger partial charge in [-0.15, -0.1) is 24.2 Å². The van der Waals surface area contributed by atoms with Crippen molar-refractivity contribution in [2.45, 2.75) is 0 Å². The topological polar surface area (TPSA) is 49.7 Å². The molecule has 7 heteroatoms. The van der Waals surface area contributed by atoms with E-state index in [0.717, 1.165) is 23.1 Å². The molecule has 0 heterocycles. The van der Waals surface area contributed by atoms with E-state index >= 15 is 0 Å². The molecule has 0 amide bonds. The van der Waals surface area contributed by atoms with Gasteiger partial charge in [0, 0.05) is 17.3 Å². The van der Waals surface area contributed by atoms with Crippen molar-refractivity contribution in [3.05, 3.63) is 59.7 Å². The molecule has 115 valence electrons. The first-order chi connectivity index (χ1) is 10.2. The summed E-state index contributed by atoms with van der Waals surface area (Å²) in [5, 5.41) is 10.2. The summed E-state index contributed by atoms with van der Waals surface area (Å²) in [7, 11) is 0. The van der Waals surface area contributed by atoms with E-state index in [1.807, 2.05) is 54.8 Å². The van der Waals surface area contributed by atoms with Gasteiger partial charge in [0.1, 0.15) is 5.75 Å². The van der Waals surface area contributed by atoms with Crippen molar-refractivity contribution in [3.8, 4) is 5.75 Å². The third-order valence-corrected chi connectivity index (χ3v) is 3.89. The van der Waals surface area contributed by atoms with E-state index in [9.17, 15) is 5.11 Å². The van der Waals surface area contributed by atoms with Crippen molar-refractivity contribution in [2.24, 2.45) is 4.99 Å². The molecule has 0 bridgehead atoms. The van der Waals surface area contributed by atoms with E-state index in [-0.39, 0.29) is 18.2 Å². The van der Waals surface area contributed by atoms with Crippen LogP contribution in [0.25, 0.3) is 0 Å². The third-order valence-electron chi connectivity index (χ3n) is 2.58. The van der Waals surface area contributed by atoms with Crippen LogP contribution in [-0.2, 0) is 21.0 Å². The first-order valence-electron chi connectivity index (χ1n) is 5.90. The van der Waals surface area contributed by atoms with E-state index in [2.05, 4.69) is 4.99 Å². The molecule has 2 aromatic carbocycles. The van der Waals surface area contributed by atoms with Crippen LogP contribution in [0.5, 0.6) is 5.75 Å². The molecule has 2 rings (SSSR count). The van der Waals surface area contributed by atoms with Crippen LogP contribution in [0.15, 0.2) is 53.5 Å². The van der Waals surface area contributed by atoms with Crippen LogP contribution >= 0.6 is 36.4 Å². The van der Waals surface area contributed by atoms with Gasteiger partial charge in [0.2, 0.25) is 0 Å². The molecule has 0 aliphatic rings. The Kier molecular flexibility index (Phi) is 11.1. The van der Waals surface area contributed by atoms with Crippen LogP contribution in [0.2, 0.25) is 0 Å². The van der Waals surface area contributed by atoms with E-state index < -0.39 is 0 Å². The fourth-order valence-corrected chi connectivity index (χ4v) is 2.15. The monoisotopic (exact) mass is 390 g/mol. The van der Waals surface area contributed by atoms with Gasteiger partial charge in [-0.05, 0) is 30.5 Å². The summed E-state index contributed by atoms with van der Waals surface area (Å²) in [5.41, 5.74) is 2.19.